The van der Waals surface area contributed by atoms with Crippen LogP contribution >= 0.6 is 11.8 Å². The van der Waals surface area contributed by atoms with E-state index in [2.05, 4.69) is 10.2 Å². The van der Waals surface area contributed by atoms with E-state index in [0.29, 0.717) is 17.3 Å². The lowest BCUT2D eigenvalue weighted by atomic mass is 10.1. The first-order valence-electron chi connectivity index (χ1n) is 10.2. The fourth-order valence-corrected chi connectivity index (χ4v) is 6.90. The zero-order chi connectivity index (χ0) is 21.1. The maximum atomic E-state index is 13.2. The lowest BCUT2D eigenvalue weighted by Gasteiger charge is -2.34. The van der Waals surface area contributed by atoms with Crippen LogP contribution in [0.25, 0.3) is 5.69 Å². The highest BCUT2D eigenvalue weighted by Gasteiger charge is 2.39. The van der Waals surface area contributed by atoms with Crippen LogP contribution in [-0.4, -0.2) is 70.4 Å². The van der Waals surface area contributed by atoms with Crippen LogP contribution in [0.3, 0.4) is 0 Å². The van der Waals surface area contributed by atoms with Crippen LogP contribution in [-0.2, 0) is 14.6 Å². The summed E-state index contributed by atoms with van der Waals surface area (Å²) in [6.45, 7) is 0. The number of hydrogen-bond acceptors (Lipinski definition) is 7. The van der Waals surface area contributed by atoms with Crippen molar-refractivity contribution in [3.8, 4) is 11.4 Å². The van der Waals surface area contributed by atoms with Gasteiger partial charge in [-0.1, -0.05) is 36.7 Å². The van der Waals surface area contributed by atoms with Crippen molar-refractivity contribution in [2.45, 2.75) is 49.3 Å². The number of hydrogen-bond donors (Lipinski definition) is 0. The highest BCUT2D eigenvalue weighted by Crippen LogP contribution is 2.31. The van der Waals surface area contributed by atoms with Gasteiger partial charge in [-0.3, -0.25) is 9.36 Å². The average Bonchev–Trinajstić information content (AvgIpc) is 3.48. The summed E-state index contributed by atoms with van der Waals surface area (Å²) in [6, 6.07) is 7.49. The third-order valence-corrected chi connectivity index (χ3v) is 8.47. The second-order valence-electron chi connectivity index (χ2n) is 7.74. The number of nitrogens with zero attached hydrogens (tertiary/aromatic N) is 4. The van der Waals surface area contributed by atoms with Crippen LogP contribution in [0.2, 0.25) is 0 Å². The summed E-state index contributed by atoms with van der Waals surface area (Å²) < 4.78 is 31.3. The summed E-state index contributed by atoms with van der Waals surface area (Å²) in [7, 11) is -1.45. The Morgan fingerprint density at radius 3 is 2.70 bits per heavy atom. The van der Waals surface area contributed by atoms with Gasteiger partial charge in [-0.15, -0.1) is 10.2 Å². The Hall–Kier alpha value is -2.07. The van der Waals surface area contributed by atoms with Crippen molar-refractivity contribution < 1.29 is 17.9 Å². The van der Waals surface area contributed by atoms with E-state index >= 15 is 0 Å². The fourth-order valence-electron chi connectivity index (χ4n) is 4.40. The van der Waals surface area contributed by atoms with Crippen LogP contribution in [0, 0.1) is 0 Å². The molecule has 0 bridgehead atoms. The lowest BCUT2D eigenvalue weighted by molar-refractivity contribution is -0.132. The maximum Gasteiger partial charge on any atom is 0.233 e. The minimum Gasteiger partial charge on any atom is -0.495 e. The van der Waals surface area contributed by atoms with Gasteiger partial charge in [0.1, 0.15) is 12.1 Å². The third-order valence-electron chi connectivity index (χ3n) is 5.79. The second-order valence-corrected chi connectivity index (χ2v) is 10.9. The second kappa shape index (κ2) is 8.97. The normalized spacial score (nSPS) is 21.0. The van der Waals surface area contributed by atoms with Gasteiger partial charge in [-0.25, -0.2) is 8.42 Å². The van der Waals surface area contributed by atoms with E-state index in [1.54, 1.807) is 18.0 Å². The molecule has 1 aliphatic heterocycles. The molecule has 0 spiro atoms. The molecule has 30 heavy (non-hydrogen) atoms. The summed E-state index contributed by atoms with van der Waals surface area (Å²) in [4.78, 5) is 15.1. The Morgan fingerprint density at radius 1 is 1.23 bits per heavy atom. The number of aromatic nitrogens is 3. The van der Waals surface area contributed by atoms with E-state index < -0.39 is 9.84 Å². The van der Waals surface area contributed by atoms with Crippen molar-refractivity contribution >= 4 is 27.5 Å². The molecule has 1 aromatic heterocycles. The Balaban J connectivity index is 1.50. The molecule has 2 fully saturated rings. The van der Waals surface area contributed by atoms with Gasteiger partial charge in [0.15, 0.2) is 15.0 Å². The molecule has 2 aliphatic rings. The first-order chi connectivity index (χ1) is 14.5. The Bertz CT molecular complexity index is 1000. The molecule has 1 amide bonds. The number of rotatable bonds is 7. The fraction of sp³-hybridized carbons (Fsp3) is 0.550. The zero-order valence-corrected chi connectivity index (χ0v) is 18.6. The topological polar surface area (TPSA) is 94.4 Å². The molecule has 1 atom stereocenters. The quantitative estimate of drug-likeness (QED) is 0.598. The van der Waals surface area contributed by atoms with Crippen molar-refractivity contribution in [2.24, 2.45) is 0 Å². The van der Waals surface area contributed by atoms with Crippen LogP contribution in [0.4, 0.5) is 0 Å². The van der Waals surface area contributed by atoms with E-state index in [1.807, 2.05) is 29.2 Å². The molecule has 162 valence electrons. The van der Waals surface area contributed by atoms with E-state index in [4.69, 9.17) is 4.74 Å². The van der Waals surface area contributed by atoms with Crippen LogP contribution in [0.5, 0.6) is 5.75 Å². The van der Waals surface area contributed by atoms with Crippen LogP contribution < -0.4 is 4.74 Å². The summed E-state index contributed by atoms with van der Waals surface area (Å²) in [6.07, 6.45) is 6.21. The van der Waals surface area contributed by atoms with Crippen molar-refractivity contribution in [1.82, 2.24) is 19.7 Å². The SMILES string of the molecule is COc1ccccc1-n1cnnc1SCC(=O)N(C1CCCC1)[C@@H]1CCS(=O)(=O)C1. The molecule has 2 heterocycles. The number of carbonyl (C=O) groups excluding carboxylic acids is 1. The number of para-hydroxylation sites is 2. The van der Waals surface area contributed by atoms with Crippen molar-refractivity contribution in [1.29, 1.82) is 0 Å². The Morgan fingerprint density at radius 2 is 2.00 bits per heavy atom. The first kappa shape index (κ1) is 21.2. The van der Waals surface area contributed by atoms with Crippen molar-refractivity contribution in [3.05, 3.63) is 30.6 Å². The molecule has 2 aromatic rings. The molecule has 1 aliphatic carbocycles. The largest absolute Gasteiger partial charge is 0.495 e. The van der Waals surface area contributed by atoms with Crippen molar-refractivity contribution in [3.63, 3.8) is 0 Å². The smallest absolute Gasteiger partial charge is 0.233 e. The minimum absolute atomic E-state index is 0.0245. The monoisotopic (exact) mass is 450 g/mol. The lowest BCUT2D eigenvalue weighted by Crippen LogP contribution is -2.47. The zero-order valence-electron chi connectivity index (χ0n) is 16.9. The molecule has 4 rings (SSSR count). The summed E-state index contributed by atoms with van der Waals surface area (Å²) in [5.74, 6) is 1.11. The van der Waals surface area contributed by atoms with Gasteiger partial charge < -0.3 is 9.64 Å². The van der Waals surface area contributed by atoms with Gasteiger partial charge in [0.2, 0.25) is 5.91 Å². The van der Waals surface area contributed by atoms with Crippen molar-refractivity contribution in [2.75, 3.05) is 24.4 Å². The highest BCUT2D eigenvalue weighted by atomic mass is 32.2. The minimum atomic E-state index is -3.05. The number of ether oxygens (including phenoxy) is 1. The first-order valence-corrected chi connectivity index (χ1v) is 13.0. The predicted molar refractivity (Wildman–Crippen MR) is 115 cm³/mol. The molecular formula is C20H26N4O4S2. The van der Waals surface area contributed by atoms with Gasteiger partial charge in [0.05, 0.1) is 30.1 Å². The van der Waals surface area contributed by atoms with E-state index in [0.717, 1.165) is 31.4 Å². The van der Waals surface area contributed by atoms with Gasteiger partial charge in [0.25, 0.3) is 0 Å². The summed E-state index contributed by atoms with van der Waals surface area (Å²) >= 11 is 1.31. The number of benzene rings is 1. The Labute approximate surface area is 180 Å². The molecule has 1 saturated carbocycles. The van der Waals surface area contributed by atoms with E-state index in [-0.39, 0.29) is 35.2 Å². The molecule has 0 N–H and O–H groups in total. The maximum absolute atomic E-state index is 13.2. The van der Waals surface area contributed by atoms with Crippen LogP contribution in [0.1, 0.15) is 32.1 Å². The predicted octanol–water partition coefficient (Wildman–Crippen LogP) is 2.33. The average molecular weight is 451 g/mol. The van der Waals surface area contributed by atoms with E-state index in [9.17, 15) is 13.2 Å². The summed E-state index contributed by atoms with van der Waals surface area (Å²) in [5.41, 5.74) is 0.800. The van der Waals surface area contributed by atoms with Crippen LogP contribution in [0.15, 0.2) is 35.7 Å². The molecular weight excluding hydrogens is 424 g/mol. The molecule has 0 unspecified atom stereocenters. The molecule has 1 aromatic carbocycles. The molecule has 1 saturated heterocycles. The van der Waals surface area contributed by atoms with Gasteiger partial charge in [0, 0.05) is 12.1 Å². The van der Waals surface area contributed by atoms with Gasteiger partial charge in [-0.2, -0.15) is 0 Å². The Kier molecular flexibility index (Phi) is 6.33. The third kappa shape index (κ3) is 4.49. The standard InChI is InChI=1S/C20H26N4O4S2/c1-28-18-9-5-4-8-17(18)23-14-21-22-20(23)29-12-19(25)24(15-6-2-3-7-15)16-10-11-30(26,27)13-16/h4-5,8-9,14-16H,2-3,6-7,10-13H2,1H3/t16-/m1/s1. The molecule has 10 heteroatoms. The number of amides is 1. The molecule has 0 radical (unpaired) electrons. The van der Waals surface area contributed by atoms with Gasteiger partial charge in [-0.05, 0) is 31.4 Å². The number of methoxy groups -OCH3 is 1. The summed E-state index contributed by atoms with van der Waals surface area (Å²) in [5, 5.41) is 8.77. The van der Waals surface area contributed by atoms with E-state index in [1.165, 1.54) is 11.8 Å². The highest BCUT2D eigenvalue weighted by molar-refractivity contribution is 7.99. The number of carbonyl (C=O) groups is 1. The van der Waals surface area contributed by atoms with Gasteiger partial charge >= 0.3 is 0 Å². The molecule has 8 nitrogen and oxygen atoms in total. The number of thioether (sulfide) groups is 1. The number of sulfone groups is 1.